The van der Waals surface area contributed by atoms with Gasteiger partial charge in [-0.25, -0.2) is 0 Å². The van der Waals surface area contributed by atoms with Crippen LogP contribution in [0.1, 0.15) is 29.3 Å². The summed E-state index contributed by atoms with van der Waals surface area (Å²) >= 11 is 0. The largest absolute Gasteiger partial charge is 0.508 e. The normalized spacial score (nSPS) is 11.4. The highest BCUT2D eigenvalue weighted by atomic mass is 16.4. The lowest BCUT2D eigenvalue weighted by Gasteiger charge is -2.22. The summed E-state index contributed by atoms with van der Waals surface area (Å²) < 4.78 is 0. The maximum Gasteiger partial charge on any atom is 0.254 e. The van der Waals surface area contributed by atoms with E-state index in [1.807, 2.05) is 6.92 Å². The highest BCUT2D eigenvalue weighted by Gasteiger charge is 2.18. The number of hydrogen-bond donors (Lipinski definition) is 3. The van der Waals surface area contributed by atoms with Crippen LogP contribution in [0, 0.1) is 6.92 Å². The van der Waals surface area contributed by atoms with Crippen LogP contribution in [0.5, 0.6) is 5.75 Å². The standard InChI is InChI=1S/C13H19N3O3/c1-3-6-16(8-12(14)15-19)13(18)11-5-4-10(17)7-9(11)2/h4-5,7,17,19H,3,6,8H2,1-2H3,(H2,14,15). The van der Waals surface area contributed by atoms with Crippen LogP contribution in [0.3, 0.4) is 0 Å². The van der Waals surface area contributed by atoms with Gasteiger partial charge in [0.05, 0.1) is 6.54 Å². The Hall–Kier alpha value is -2.24. The Bertz CT molecular complexity index is 486. The molecule has 6 heteroatoms. The Kier molecular flexibility index (Phi) is 5.17. The molecule has 1 aromatic carbocycles. The average Bonchev–Trinajstić information content (AvgIpc) is 2.37. The fourth-order valence-corrected chi connectivity index (χ4v) is 1.81. The lowest BCUT2D eigenvalue weighted by Crippen LogP contribution is -2.39. The molecule has 19 heavy (non-hydrogen) atoms. The second-order valence-electron chi connectivity index (χ2n) is 4.32. The molecule has 0 aromatic heterocycles. The van der Waals surface area contributed by atoms with E-state index in [0.29, 0.717) is 17.7 Å². The van der Waals surface area contributed by atoms with Gasteiger partial charge in [-0.15, -0.1) is 0 Å². The number of benzene rings is 1. The van der Waals surface area contributed by atoms with Crippen LogP contribution in [0.15, 0.2) is 23.4 Å². The fourth-order valence-electron chi connectivity index (χ4n) is 1.81. The van der Waals surface area contributed by atoms with Crippen molar-refractivity contribution < 1.29 is 15.1 Å². The van der Waals surface area contributed by atoms with Crippen LogP contribution in [0.2, 0.25) is 0 Å². The minimum Gasteiger partial charge on any atom is -0.508 e. The van der Waals surface area contributed by atoms with Gasteiger partial charge in [-0.2, -0.15) is 0 Å². The molecule has 0 fully saturated rings. The van der Waals surface area contributed by atoms with Crippen LogP contribution in [0.25, 0.3) is 0 Å². The van der Waals surface area contributed by atoms with Gasteiger partial charge in [-0.3, -0.25) is 4.79 Å². The minimum absolute atomic E-state index is 0.0155. The number of carbonyl (C=O) groups excluding carboxylic acids is 1. The Labute approximate surface area is 112 Å². The number of rotatable bonds is 5. The van der Waals surface area contributed by atoms with Gasteiger partial charge in [-0.1, -0.05) is 12.1 Å². The van der Waals surface area contributed by atoms with Gasteiger partial charge in [0, 0.05) is 12.1 Å². The van der Waals surface area contributed by atoms with Crippen LogP contribution in [-0.4, -0.2) is 40.0 Å². The van der Waals surface area contributed by atoms with Crippen molar-refractivity contribution in [3.05, 3.63) is 29.3 Å². The molecule has 0 aliphatic carbocycles. The average molecular weight is 265 g/mol. The molecule has 0 saturated heterocycles. The van der Waals surface area contributed by atoms with Crippen molar-refractivity contribution in [3.8, 4) is 5.75 Å². The molecular weight excluding hydrogens is 246 g/mol. The molecule has 1 amide bonds. The van der Waals surface area contributed by atoms with Crippen LogP contribution in [0.4, 0.5) is 0 Å². The first-order chi connectivity index (χ1) is 8.99. The first kappa shape index (κ1) is 14.8. The van der Waals surface area contributed by atoms with E-state index in [9.17, 15) is 9.90 Å². The summed E-state index contributed by atoms with van der Waals surface area (Å²) in [5, 5.41) is 20.8. The summed E-state index contributed by atoms with van der Waals surface area (Å²) in [7, 11) is 0. The third-order valence-electron chi connectivity index (χ3n) is 2.70. The van der Waals surface area contributed by atoms with Gasteiger partial charge in [-0.05, 0) is 37.1 Å². The second kappa shape index (κ2) is 6.63. The molecule has 4 N–H and O–H groups in total. The van der Waals surface area contributed by atoms with Crippen LogP contribution in [-0.2, 0) is 0 Å². The topological polar surface area (TPSA) is 99.1 Å². The predicted octanol–water partition coefficient (Wildman–Crippen LogP) is 1.30. The van der Waals surface area contributed by atoms with Crippen LogP contribution >= 0.6 is 0 Å². The van der Waals surface area contributed by atoms with Gasteiger partial charge >= 0.3 is 0 Å². The van der Waals surface area contributed by atoms with Crippen molar-refractivity contribution in [2.75, 3.05) is 13.1 Å². The number of aromatic hydroxyl groups is 1. The molecule has 0 radical (unpaired) electrons. The second-order valence-corrected chi connectivity index (χ2v) is 4.32. The molecule has 0 aliphatic heterocycles. The Balaban J connectivity index is 2.98. The lowest BCUT2D eigenvalue weighted by molar-refractivity contribution is 0.0777. The van der Waals surface area contributed by atoms with Gasteiger partial charge in [0.2, 0.25) is 0 Å². The van der Waals surface area contributed by atoms with E-state index in [2.05, 4.69) is 5.16 Å². The Morgan fingerprint density at radius 1 is 1.47 bits per heavy atom. The third kappa shape index (κ3) is 3.87. The summed E-state index contributed by atoms with van der Waals surface area (Å²) in [6.07, 6.45) is 0.765. The zero-order chi connectivity index (χ0) is 14.4. The Morgan fingerprint density at radius 2 is 2.16 bits per heavy atom. The molecule has 1 rings (SSSR count). The van der Waals surface area contributed by atoms with Crippen molar-refractivity contribution in [1.82, 2.24) is 4.90 Å². The van der Waals surface area contributed by atoms with E-state index in [0.717, 1.165) is 6.42 Å². The van der Waals surface area contributed by atoms with Gasteiger partial charge in [0.15, 0.2) is 5.84 Å². The monoisotopic (exact) mass is 265 g/mol. The smallest absolute Gasteiger partial charge is 0.254 e. The summed E-state index contributed by atoms with van der Waals surface area (Å²) in [5.41, 5.74) is 6.63. The van der Waals surface area contributed by atoms with Crippen molar-refractivity contribution in [2.45, 2.75) is 20.3 Å². The number of phenolic OH excluding ortho intramolecular Hbond substituents is 1. The number of carbonyl (C=O) groups is 1. The number of hydrogen-bond acceptors (Lipinski definition) is 4. The highest BCUT2D eigenvalue weighted by molar-refractivity contribution is 5.98. The number of amidine groups is 1. The summed E-state index contributed by atoms with van der Waals surface area (Å²) in [5.74, 6) is -0.100. The summed E-state index contributed by atoms with van der Waals surface area (Å²) in [4.78, 5) is 13.9. The molecule has 0 aliphatic rings. The number of oxime groups is 1. The molecule has 0 heterocycles. The maximum absolute atomic E-state index is 12.4. The number of amides is 1. The number of nitrogens with two attached hydrogens (primary N) is 1. The van der Waals surface area contributed by atoms with Crippen molar-refractivity contribution in [1.29, 1.82) is 0 Å². The Morgan fingerprint density at radius 3 is 2.68 bits per heavy atom. The molecule has 104 valence electrons. The SMILES string of the molecule is CCCN(C/C(N)=N/O)C(=O)c1ccc(O)cc1C. The van der Waals surface area contributed by atoms with E-state index in [1.54, 1.807) is 13.0 Å². The van der Waals surface area contributed by atoms with E-state index >= 15 is 0 Å². The van der Waals surface area contributed by atoms with E-state index in [4.69, 9.17) is 10.9 Å². The fraction of sp³-hybridized carbons (Fsp3) is 0.385. The van der Waals surface area contributed by atoms with Crippen molar-refractivity contribution in [2.24, 2.45) is 10.9 Å². The maximum atomic E-state index is 12.4. The van der Waals surface area contributed by atoms with E-state index in [1.165, 1.54) is 17.0 Å². The lowest BCUT2D eigenvalue weighted by atomic mass is 10.1. The van der Waals surface area contributed by atoms with E-state index in [-0.39, 0.29) is 24.0 Å². The van der Waals surface area contributed by atoms with Crippen LogP contribution < -0.4 is 5.73 Å². The molecule has 0 unspecified atom stereocenters. The molecule has 6 nitrogen and oxygen atoms in total. The zero-order valence-electron chi connectivity index (χ0n) is 11.1. The minimum atomic E-state index is -0.203. The quantitative estimate of drug-likeness (QED) is 0.323. The van der Waals surface area contributed by atoms with E-state index < -0.39 is 0 Å². The van der Waals surface area contributed by atoms with Crippen molar-refractivity contribution in [3.63, 3.8) is 0 Å². The summed E-state index contributed by atoms with van der Waals surface area (Å²) in [6, 6.07) is 4.57. The predicted molar refractivity (Wildman–Crippen MR) is 72.4 cm³/mol. The van der Waals surface area contributed by atoms with Gasteiger partial charge in [0.1, 0.15) is 5.75 Å². The third-order valence-corrected chi connectivity index (χ3v) is 2.70. The molecule has 1 aromatic rings. The number of aryl methyl sites for hydroxylation is 1. The highest BCUT2D eigenvalue weighted by Crippen LogP contribution is 2.17. The number of nitrogens with zero attached hydrogens (tertiary/aromatic N) is 2. The molecule has 0 spiro atoms. The summed E-state index contributed by atoms with van der Waals surface area (Å²) in [6.45, 7) is 4.27. The molecule has 0 bridgehead atoms. The molecule has 0 saturated carbocycles. The first-order valence-electron chi connectivity index (χ1n) is 6.04. The van der Waals surface area contributed by atoms with Gasteiger partial charge < -0.3 is 20.9 Å². The zero-order valence-corrected chi connectivity index (χ0v) is 11.1. The first-order valence-corrected chi connectivity index (χ1v) is 6.04. The van der Waals surface area contributed by atoms with Gasteiger partial charge in [0.25, 0.3) is 5.91 Å². The molecule has 0 atom stereocenters. The number of phenols is 1. The van der Waals surface area contributed by atoms with Crippen molar-refractivity contribution >= 4 is 11.7 Å². The molecular formula is C13H19N3O3.